The molecule has 0 unspecified atom stereocenters. The summed E-state index contributed by atoms with van der Waals surface area (Å²) in [7, 11) is 0. The van der Waals surface area contributed by atoms with E-state index in [2.05, 4.69) is 50.5 Å². The summed E-state index contributed by atoms with van der Waals surface area (Å²) in [5.41, 5.74) is 9.88. The van der Waals surface area contributed by atoms with Crippen LogP contribution in [0.1, 0.15) is 11.1 Å². The number of hydrogen-bond acceptors (Lipinski definition) is 4. The van der Waals surface area contributed by atoms with Crippen LogP contribution < -0.4 is 5.73 Å². The van der Waals surface area contributed by atoms with Gasteiger partial charge in [0.15, 0.2) is 5.82 Å². The van der Waals surface area contributed by atoms with Gasteiger partial charge < -0.3 is 5.73 Å². The van der Waals surface area contributed by atoms with E-state index < -0.39 is 0 Å². The average Bonchev–Trinajstić information content (AvgIpc) is 2.92. The number of nitrogens with two attached hydrogens (primary N) is 1. The predicted octanol–water partition coefficient (Wildman–Crippen LogP) is 3.04. The van der Waals surface area contributed by atoms with Gasteiger partial charge in [0.05, 0.1) is 11.0 Å². The molecule has 6 heteroatoms. The quantitative estimate of drug-likeness (QED) is 0.742. The number of hydrogen-bond donors (Lipinski definition) is 1. The molecule has 2 N–H and O–H groups in total. The molecule has 21 heavy (non-hydrogen) atoms. The number of aryl methyl sites for hydroxylation is 1. The number of nitrogen functional groups attached to an aromatic ring is 1. The summed E-state index contributed by atoms with van der Waals surface area (Å²) in [5, 5.41) is 12.0. The Morgan fingerprint density at radius 1 is 1.14 bits per heavy atom. The number of tetrazole rings is 1. The molecule has 1 heterocycles. The van der Waals surface area contributed by atoms with Crippen LogP contribution in [0.15, 0.2) is 46.9 Å². The Balaban J connectivity index is 2.02. The van der Waals surface area contributed by atoms with Crippen molar-refractivity contribution in [3.8, 4) is 11.4 Å². The summed E-state index contributed by atoms with van der Waals surface area (Å²) < 4.78 is 2.59. The van der Waals surface area contributed by atoms with Crippen molar-refractivity contribution in [3.63, 3.8) is 0 Å². The lowest BCUT2D eigenvalue weighted by Gasteiger charge is -2.09. The van der Waals surface area contributed by atoms with Crippen LogP contribution in [0, 0.1) is 6.92 Å². The van der Waals surface area contributed by atoms with Gasteiger partial charge in [0, 0.05) is 11.3 Å². The summed E-state index contributed by atoms with van der Waals surface area (Å²) in [4.78, 5) is 0. The molecule has 0 spiro atoms. The van der Waals surface area contributed by atoms with Crippen LogP contribution >= 0.6 is 15.9 Å². The molecule has 1 aromatic heterocycles. The standard InChI is InChI=1S/C15H14BrN5/c1-10-5-2-3-6-11(10)9-21-15(18-19-20-21)12-7-4-8-13(17)14(12)16/h2-8H,9,17H2,1H3. The Bertz CT molecular complexity index is 781. The molecule has 0 aliphatic rings. The molecule has 0 aliphatic heterocycles. The van der Waals surface area contributed by atoms with Gasteiger partial charge in [-0.2, -0.15) is 0 Å². The summed E-state index contributed by atoms with van der Waals surface area (Å²) >= 11 is 3.50. The zero-order valence-corrected chi connectivity index (χ0v) is 13.1. The molecule has 0 aliphatic carbocycles. The van der Waals surface area contributed by atoms with Crippen molar-refractivity contribution in [3.05, 3.63) is 58.1 Å². The first-order valence-electron chi connectivity index (χ1n) is 6.52. The topological polar surface area (TPSA) is 69.6 Å². The number of rotatable bonds is 3. The summed E-state index contributed by atoms with van der Waals surface area (Å²) in [6.07, 6.45) is 0. The highest BCUT2D eigenvalue weighted by atomic mass is 79.9. The number of halogens is 1. The zero-order valence-electron chi connectivity index (χ0n) is 11.5. The number of nitrogens with zero attached hydrogens (tertiary/aromatic N) is 4. The Hall–Kier alpha value is -2.21. The maximum Gasteiger partial charge on any atom is 0.183 e. The highest BCUT2D eigenvalue weighted by molar-refractivity contribution is 9.10. The van der Waals surface area contributed by atoms with Crippen LogP contribution in [-0.4, -0.2) is 20.2 Å². The Morgan fingerprint density at radius 3 is 2.76 bits per heavy atom. The fourth-order valence-corrected chi connectivity index (χ4v) is 2.62. The van der Waals surface area contributed by atoms with Gasteiger partial charge in [-0.15, -0.1) is 5.10 Å². The van der Waals surface area contributed by atoms with Crippen molar-refractivity contribution in [1.82, 2.24) is 20.2 Å². The fourth-order valence-electron chi connectivity index (χ4n) is 2.18. The summed E-state index contributed by atoms with van der Waals surface area (Å²) in [6, 6.07) is 13.9. The second-order valence-corrected chi connectivity index (χ2v) is 5.59. The van der Waals surface area contributed by atoms with E-state index >= 15 is 0 Å². The molecule has 3 rings (SSSR count). The molecule has 2 aromatic carbocycles. The highest BCUT2D eigenvalue weighted by Crippen LogP contribution is 2.31. The Labute approximate surface area is 130 Å². The fraction of sp³-hybridized carbons (Fsp3) is 0.133. The molecule has 3 aromatic rings. The second kappa shape index (κ2) is 5.65. The molecule has 5 nitrogen and oxygen atoms in total. The van der Waals surface area contributed by atoms with E-state index in [9.17, 15) is 0 Å². The number of benzene rings is 2. The van der Waals surface area contributed by atoms with E-state index in [4.69, 9.17) is 5.73 Å². The minimum Gasteiger partial charge on any atom is -0.398 e. The molecule has 0 radical (unpaired) electrons. The molecule has 106 valence electrons. The van der Waals surface area contributed by atoms with Gasteiger partial charge in [-0.3, -0.25) is 0 Å². The van der Waals surface area contributed by atoms with Crippen LogP contribution in [-0.2, 0) is 6.54 Å². The smallest absolute Gasteiger partial charge is 0.183 e. The zero-order chi connectivity index (χ0) is 14.8. The van der Waals surface area contributed by atoms with Crippen LogP contribution in [0.3, 0.4) is 0 Å². The van der Waals surface area contributed by atoms with Crippen LogP contribution in [0.5, 0.6) is 0 Å². The average molecular weight is 344 g/mol. The van der Waals surface area contributed by atoms with Crippen molar-refractivity contribution < 1.29 is 0 Å². The third-order valence-electron chi connectivity index (χ3n) is 3.38. The number of aromatic nitrogens is 4. The van der Waals surface area contributed by atoms with Crippen LogP contribution in [0.4, 0.5) is 5.69 Å². The highest BCUT2D eigenvalue weighted by Gasteiger charge is 2.14. The van der Waals surface area contributed by atoms with E-state index in [-0.39, 0.29) is 0 Å². The summed E-state index contributed by atoms with van der Waals surface area (Å²) in [6.45, 7) is 2.70. The lowest BCUT2D eigenvalue weighted by molar-refractivity contribution is 0.651. The van der Waals surface area contributed by atoms with Crippen molar-refractivity contribution >= 4 is 21.6 Å². The Morgan fingerprint density at radius 2 is 1.95 bits per heavy atom. The molecular formula is C15H14BrN5. The van der Waals surface area contributed by atoms with Crippen molar-refractivity contribution in [2.75, 3.05) is 5.73 Å². The van der Waals surface area contributed by atoms with Crippen LogP contribution in [0.25, 0.3) is 11.4 Å². The van der Waals surface area contributed by atoms with E-state index in [1.54, 1.807) is 4.68 Å². The SMILES string of the molecule is Cc1ccccc1Cn1nnnc1-c1cccc(N)c1Br. The van der Waals surface area contributed by atoms with Gasteiger partial charge >= 0.3 is 0 Å². The summed E-state index contributed by atoms with van der Waals surface area (Å²) in [5.74, 6) is 0.692. The molecule has 0 saturated heterocycles. The van der Waals surface area contributed by atoms with Crippen molar-refractivity contribution in [1.29, 1.82) is 0 Å². The maximum atomic E-state index is 5.93. The lowest BCUT2D eigenvalue weighted by Crippen LogP contribution is -2.06. The third-order valence-corrected chi connectivity index (χ3v) is 4.27. The minimum atomic E-state index is 0.621. The molecule has 0 amide bonds. The molecule has 0 atom stereocenters. The van der Waals surface area contributed by atoms with Crippen molar-refractivity contribution in [2.24, 2.45) is 0 Å². The monoisotopic (exact) mass is 343 g/mol. The minimum absolute atomic E-state index is 0.621. The number of anilines is 1. The predicted molar refractivity (Wildman–Crippen MR) is 85.6 cm³/mol. The van der Waals surface area contributed by atoms with E-state index in [0.29, 0.717) is 18.1 Å². The first-order chi connectivity index (χ1) is 10.2. The second-order valence-electron chi connectivity index (χ2n) is 4.80. The Kier molecular flexibility index (Phi) is 3.70. The molecule has 0 fully saturated rings. The van der Waals surface area contributed by atoms with Gasteiger partial charge in [0.2, 0.25) is 0 Å². The lowest BCUT2D eigenvalue weighted by atomic mass is 10.1. The van der Waals surface area contributed by atoms with E-state index in [0.717, 1.165) is 10.0 Å². The van der Waals surface area contributed by atoms with E-state index in [1.807, 2.05) is 30.3 Å². The van der Waals surface area contributed by atoms with Crippen LogP contribution in [0.2, 0.25) is 0 Å². The first-order valence-corrected chi connectivity index (χ1v) is 7.31. The maximum absolute atomic E-state index is 5.93. The van der Waals surface area contributed by atoms with Gasteiger partial charge in [-0.1, -0.05) is 30.3 Å². The van der Waals surface area contributed by atoms with Gasteiger partial charge in [0.25, 0.3) is 0 Å². The third kappa shape index (κ3) is 2.67. The van der Waals surface area contributed by atoms with Gasteiger partial charge in [-0.25, -0.2) is 4.68 Å². The largest absolute Gasteiger partial charge is 0.398 e. The first kappa shape index (κ1) is 13.8. The van der Waals surface area contributed by atoms with E-state index in [1.165, 1.54) is 11.1 Å². The van der Waals surface area contributed by atoms with Gasteiger partial charge in [0.1, 0.15) is 0 Å². The molecule has 0 saturated carbocycles. The van der Waals surface area contributed by atoms with Crippen molar-refractivity contribution in [2.45, 2.75) is 13.5 Å². The van der Waals surface area contributed by atoms with Gasteiger partial charge in [-0.05, 0) is 56.5 Å². The molecule has 0 bridgehead atoms. The normalized spacial score (nSPS) is 10.8. The molecular weight excluding hydrogens is 330 g/mol.